The van der Waals surface area contributed by atoms with Crippen molar-refractivity contribution in [3.05, 3.63) is 41.1 Å². The Morgan fingerprint density at radius 3 is 2.50 bits per heavy atom. The van der Waals surface area contributed by atoms with Crippen molar-refractivity contribution in [3.8, 4) is 5.75 Å². The summed E-state index contributed by atoms with van der Waals surface area (Å²) in [7, 11) is -3.41. The lowest BCUT2D eigenvalue weighted by atomic mass is 9.93. The highest BCUT2D eigenvalue weighted by Crippen LogP contribution is 2.46. The molecule has 2 aliphatic carbocycles. The van der Waals surface area contributed by atoms with Gasteiger partial charge in [0.2, 0.25) is 5.95 Å². The zero-order valence-corrected chi connectivity index (χ0v) is 22.6. The van der Waals surface area contributed by atoms with E-state index in [1.165, 1.54) is 31.9 Å². The molecule has 2 aromatic rings. The average Bonchev–Trinajstić information content (AvgIpc) is 3.51. The van der Waals surface area contributed by atoms with Gasteiger partial charge >= 0.3 is 14.0 Å². The van der Waals surface area contributed by atoms with Crippen molar-refractivity contribution in [2.45, 2.75) is 57.0 Å². The first kappa shape index (κ1) is 28.6. The van der Waals surface area contributed by atoms with E-state index >= 15 is 0 Å². The molecule has 2 heterocycles. The molecule has 1 aromatic heterocycles. The number of rotatable bonds is 9. The van der Waals surface area contributed by atoms with E-state index in [4.69, 9.17) is 19.0 Å². The number of amides is 1. The number of carbonyl (C=O) groups is 1. The number of methoxy groups -OCH3 is 1. The summed E-state index contributed by atoms with van der Waals surface area (Å²) in [4.78, 5) is 42.3. The highest BCUT2D eigenvalue weighted by Gasteiger charge is 2.46. The van der Waals surface area contributed by atoms with Gasteiger partial charge in [0, 0.05) is 31.9 Å². The van der Waals surface area contributed by atoms with Gasteiger partial charge in [-0.2, -0.15) is 18.2 Å². The van der Waals surface area contributed by atoms with Crippen molar-refractivity contribution in [2.24, 2.45) is 11.8 Å². The number of halogens is 3. The number of alkyl halides is 3. The van der Waals surface area contributed by atoms with Gasteiger partial charge in [0.25, 0.3) is 5.91 Å². The molecule has 0 bridgehead atoms. The highest BCUT2D eigenvalue weighted by molar-refractivity contribution is 7.46. The van der Waals surface area contributed by atoms with E-state index in [9.17, 15) is 22.5 Å². The van der Waals surface area contributed by atoms with E-state index < -0.39 is 31.6 Å². The molecule has 1 saturated heterocycles. The summed E-state index contributed by atoms with van der Waals surface area (Å²) in [6.45, 7) is 1.62. The number of phosphoric acid groups is 1. The van der Waals surface area contributed by atoms with Crippen LogP contribution in [0.1, 0.15) is 53.6 Å². The lowest BCUT2D eigenvalue weighted by molar-refractivity contribution is -0.138. The molecule has 4 N–H and O–H groups in total. The molecule has 1 aromatic carbocycles. The molecule has 1 amide bonds. The summed E-state index contributed by atoms with van der Waals surface area (Å²) in [6, 6.07) is 3.51. The van der Waals surface area contributed by atoms with Gasteiger partial charge in [0.1, 0.15) is 17.1 Å². The molecule has 218 valence electrons. The molecule has 2 unspecified atom stereocenters. The van der Waals surface area contributed by atoms with Crippen LogP contribution >= 0.6 is 7.82 Å². The van der Waals surface area contributed by atoms with Gasteiger partial charge in [-0.15, -0.1) is 0 Å². The van der Waals surface area contributed by atoms with Gasteiger partial charge in [-0.05, 0) is 61.6 Å². The number of aromatic nitrogens is 2. The van der Waals surface area contributed by atoms with Crippen LogP contribution in [0.2, 0.25) is 0 Å². The molecule has 2 saturated carbocycles. The van der Waals surface area contributed by atoms with E-state index in [0.29, 0.717) is 49.0 Å². The van der Waals surface area contributed by atoms with Crippen molar-refractivity contribution in [2.75, 3.05) is 30.4 Å². The number of hydrogen-bond donors (Lipinski definition) is 4. The van der Waals surface area contributed by atoms with Gasteiger partial charge in [-0.25, -0.2) is 9.55 Å². The fourth-order valence-corrected chi connectivity index (χ4v) is 6.03. The van der Waals surface area contributed by atoms with Crippen molar-refractivity contribution in [3.63, 3.8) is 0 Å². The number of piperidine rings is 1. The third-order valence-electron chi connectivity index (χ3n) is 7.61. The average molecular weight is 586 g/mol. The number of ether oxygens (including phenoxy) is 1. The summed E-state index contributed by atoms with van der Waals surface area (Å²) < 4.78 is 61.3. The minimum Gasteiger partial charge on any atom is -0.496 e. The Kier molecular flexibility index (Phi) is 7.97. The molecule has 2 atom stereocenters. The standard InChI is InChI=1S/C25H31F3N5O6P/c1-38-21-7-2-14(8-20(21)25(26,27)28)10-29-22-19(11-30-24(32-22)33-12-15-9-16(15)13-33)23(34)31-17-3-5-18(6-4-17)39-40(35,36)37/h2,7-8,11,15-18H,3-6,9-10,12-13H2,1H3,(H,31,34)(H,29,30,32)(H2,35,36,37)/t15?,16?,17-,18-. The van der Waals surface area contributed by atoms with Gasteiger partial charge in [0.15, 0.2) is 0 Å². The summed E-state index contributed by atoms with van der Waals surface area (Å²) in [5.74, 6) is 1.15. The molecule has 1 aliphatic heterocycles. The molecule has 11 nitrogen and oxygen atoms in total. The number of benzene rings is 1. The molecule has 15 heteroatoms. The quantitative estimate of drug-likeness (QED) is 0.321. The maximum Gasteiger partial charge on any atom is 0.469 e. The lowest BCUT2D eigenvalue weighted by Gasteiger charge is -2.29. The third-order valence-corrected chi connectivity index (χ3v) is 8.18. The number of carbonyl (C=O) groups excluding carboxylic acids is 1. The zero-order chi connectivity index (χ0) is 28.7. The second kappa shape index (κ2) is 11.2. The largest absolute Gasteiger partial charge is 0.496 e. The van der Waals surface area contributed by atoms with Crippen molar-refractivity contribution >= 4 is 25.5 Å². The number of phosphoric ester groups is 1. The minimum absolute atomic E-state index is 0.0279. The normalized spacial score (nSPS) is 24.4. The minimum atomic E-state index is -4.60. The summed E-state index contributed by atoms with van der Waals surface area (Å²) >= 11 is 0. The molecule has 40 heavy (non-hydrogen) atoms. The maximum absolute atomic E-state index is 13.5. The van der Waals surface area contributed by atoms with Crippen molar-refractivity contribution in [1.82, 2.24) is 15.3 Å². The summed E-state index contributed by atoms with van der Waals surface area (Å²) in [6.07, 6.45) is -0.933. The van der Waals surface area contributed by atoms with E-state index in [-0.39, 0.29) is 29.7 Å². The van der Waals surface area contributed by atoms with Crippen molar-refractivity contribution in [1.29, 1.82) is 0 Å². The maximum atomic E-state index is 13.5. The summed E-state index contributed by atoms with van der Waals surface area (Å²) in [5.41, 5.74) is -0.429. The van der Waals surface area contributed by atoms with E-state index in [1.807, 2.05) is 4.90 Å². The van der Waals surface area contributed by atoms with E-state index in [2.05, 4.69) is 20.6 Å². The highest BCUT2D eigenvalue weighted by atomic mass is 31.2. The molecular formula is C25H31F3N5O6P. The van der Waals surface area contributed by atoms with Crippen LogP contribution in [0.25, 0.3) is 0 Å². The molecular weight excluding hydrogens is 554 g/mol. The van der Waals surface area contributed by atoms with Crippen LogP contribution < -0.4 is 20.3 Å². The third kappa shape index (κ3) is 6.85. The van der Waals surface area contributed by atoms with Crippen LogP contribution in [-0.2, 0) is 21.8 Å². The van der Waals surface area contributed by atoms with Crippen LogP contribution in [-0.4, -0.2) is 58.0 Å². The predicted octanol–water partition coefficient (Wildman–Crippen LogP) is 3.72. The van der Waals surface area contributed by atoms with Crippen molar-refractivity contribution < 1.29 is 41.6 Å². The number of fused-ring (bicyclic) bond motifs is 1. The Hall–Kier alpha value is -2.93. The van der Waals surface area contributed by atoms with Gasteiger partial charge in [0.05, 0.1) is 18.8 Å². The first-order chi connectivity index (χ1) is 18.9. The topological polar surface area (TPSA) is 146 Å². The predicted molar refractivity (Wildman–Crippen MR) is 138 cm³/mol. The molecule has 3 fully saturated rings. The second-order valence-corrected chi connectivity index (χ2v) is 11.7. The Labute approximate surface area is 228 Å². The molecule has 5 rings (SSSR count). The monoisotopic (exact) mass is 585 g/mol. The fraction of sp³-hybridized carbons (Fsp3) is 0.560. The Morgan fingerprint density at radius 2 is 1.88 bits per heavy atom. The van der Waals surface area contributed by atoms with Crippen LogP contribution in [0, 0.1) is 11.8 Å². The summed E-state index contributed by atoms with van der Waals surface area (Å²) in [5, 5.41) is 5.95. The number of hydrogen-bond acceptors (Lipinski definition) is 8. The van der Waals surface area contributed by atoms with Gasteiger partial charge < -0.3 is 30.1 Å². The first-order valence-electron chi connectivity index (χ1n) is 13.0. The van der Waals surface area contributed by atoms with Gasteiger partial charge in [-0.1, -0.05) is 6.07 Å². The fourth-order valence-electron chi connectivity index (χ4n) is 5.43. The lowest BCUT2D eigenvalue weighted by Crippen LogP contribution is -2.39. The number of nitrogens with zero attached hydrogens (tertiary/aromatic N) is 3. The zero-order valence-electron chi connectivity index (χ0n) is 21.7. The molecule has 0 spiro atoms. The van der Waals surface area contributed by atoms with Crippen LogP contribution in [0.3, 0.4) is 0 Å². The van der Waals surface area contributed by atoms with E-state index in [1.54, 1.807) is 0 Å². The Bertz CT molecular complexity index is 1290. The van der Waals surface area contributed by atoms with E-state index in [0.717, 1.165) is 19.2 Å². The Morgan fingerprint density at radius 1 is 1.18 bits per heavy atom. The number of anilines is 2. The molecule has 0 radical (unpaired) electrons. The van der Waals surface area contributed by atoms with Crippen LogP contribution in [0.4, 0.5) is 24.9 Å². The van der Waals surface area contributed by atoms with Gasteiger partial charge in [-0.3, -0.25) is 9.32 Å². The second-order valence-electron chi connectivity index (χ2n) is 10.5. The first-order valence-corrected chi connectivity index (χ1v) is 14.6. The number of nitrogens with one attached hydrogen (secondary N) is 2. The molecule has 3 aliphatic rings. The van der Waals surface area contributed by atoms with Crippen LogP contribution in [0.5, 0.6) is 5.75 Å². The smallest absolute Gasteiger partial charge is 0.469 e. The Balaban J connectivity index is 1.31. The SMILES string of the molecule is COc1ccc(CNc2nc(N3CC4CC4C3)ncc2C(=O)N[C@H]2CC[C@H](OP(=O)(O)O)CC2)cc1C(F)(F)F. The van der Waals surface area contributed by atoms with Crippen LogP contribution in [0.15, 0.2) is 24.4 Å².